The van der Waals surface area contributed by atoms with Crippen molar-refractivity contribution in [3.8, 4) is 12.3 Å². The molecule has 2 aromatic rings. The van der Waals surface area contributed by atoms with Crippen LogP contribution in [-0.2, 0) is 11.2 Å². The van der Waals surface area contributed by atoms with Crippen LogP contribution in [0.3, 0.4) is 0 Å². The van der Waals surface area contributed by atoms with Crippen molar-refractivity contribution in [3.05, 3.63) is 70.8 Å². The minimum absolute atomic E-state index is 0.120. The second-order valence-corrected chi connectivity index (χ2v) is 10.7. The minimum Gasteiger partial charge on any atom is -0.390 e. The quantitative estimate of drug-likeness (QED) is 0.212. The Kier molecular flexibility index (Phi) is 14.1. The first-order valence-electron chi connectivity index (χ1n) is 14.6. The molecule has 2 aromatic carbocycles. The molecule has 0 heterocycles. The van der Waals surface area contributed by atoms with E-state index in [1.807, 2.05) is 65.0 Å². The Bertz CT molecular complexity index is 1170. The van der Waals surface area contributed by atoms with Crippen LogP contribution < -0.4 is 10.7 Å². The Morgan fingerprint density at radius 1 is 0.976 bits per heavy atom. The van der Waals surface area contributed by atoms with E-state index in [1.165, 1.54) is 0 Å². The Morgan fingerprint density at radius 3 is 2.17 bits per heavy atom. The number of benzene rings is 2. The molecule has 41 heavy (non-hydrogen) atoms. The summed E-state index contributed by atoms with van der Waals surface area (Å²) in [7, 11) is 0. The number of hydrazine groups is 1. The third-order valence-electron chi connectivity index (χ3n) is 6.63. The number of hydrogen-bond donors (Lipinski definition) is 3. The zero-order valence-corrected chi connectivity index (χ0v) is 25.2. The van der Waals surface area contributed by atoms with Gasteiger partial charge in [0.05, 0.1) is 12.1 Å². The van der Waals surface area contributed by atoms with Gasteiger partial charge in [0.15, 0.2) is 0 Å². The van der Waals surface area contributed by atoms with E-state index in [0.29, 0.717) is 43.6 Å². The largest absolute Gasteiger partial charge is 0.390 e. The molecule has 2 unspecified atom stereocenters. The molecule has 0 saturated heterocycles. The predicted octanol–water partition coefficient (Wildman–Crippen LogP) is 4.03. The molecule has 222 valence electrons. The van der Waals surface area contributed by atoms with Gasteiger partial charge in [0, 0.05) is 49.3 Å². The normalized spacial score (nSPS) is 12.5. The summed E-state index contributed by atoms with van der Waals surface area (Å²) in [5.74, 6) is 2.02. The van der Waals surface area contributed by atoms with Crippen molar-refractivity contribution in [2.75, 3.05) is 26.2 Å². The number of terminal acetylenes is 1. The van der Waals surface area contributed by atoms with Gasteiger partial charge in [-0.25, -0.2) is 5.01 Å². The van der Waals surface area contributed by atoms with E-state index in [9.17, 15) is 19.5 Å². The van der Waals surface area contributed by atoms with Crippen molar-refractivity contribution in [1.82, 2.24) is 20.7 Å². The molecule has 0 aliphatic rings. The first kappa shape index (κ1) is 33.5. The maximum absolute atomic E-state index is 13.6. The van der Waals surface area contributed by atoms with Crippen molar-refractivity contribution >= 4 is 17.7 Å². The average Bonchev–Trinajstić information content (AvgIpc) is 2.95. The van der Waals surface area contributed by atoms with Gasteiger partial charge in [-0.2, -0.15) is 0 Å². The number of rotatable bonds is 16. The Labute approximate surface area is 245 Å². The lowest BCUT2D eigenvalue weighted by atomic mass is 9.99. The number of carbonyl (C=O) groups is 3. The number of hydrogen-bond acceptors (Lipinski definition) is 5. The second kappa shape index (κ2) is 17.2. The van der Waals surface area contributed by atoms with Gasteiger partial charge >= 0.3 is 0 Å². The number of aliphatic hydroxyl groups excluding tert-OH is 1. The van der Waals surface area contributed by atoms with Gasteiger partial charge in [0.25, 0.3) is 11.8 Å². The summed E-state index contributed by atoms with van der Waals surface area (Å²) < 4.78 is 0. The fourth-order valence-electron chi connectivity index (χ4n) is 4.61. The highest BCUT2D eigenvalue weighted by molar-refractivity contribution is 6.00. The molecule has 3 amide bonds. The molecule has 0 aliphatic carbocycles. The highest BCUT2D eigenvalue weighted by Gasteiger charge is 2.26. The lowest BCUT2D eigenvalue weighted by molar-refractivity contribution is -0.127. The summed E-state index contributed by atoms with van der Waals surface area (Å²) in [6.07, 6.45) is 7.06. The molecular formula is C33H46N4O4. The van der Waals surface area contributed by atoms with E-state index < -0.39 is 18.1 Å². The molecule has 0 radical (unpaired) electrons. The summed E-state index contributed by atoms with van der Waals surface area (Å²) in [5.41, 5.74) is 4.83. The average molecular weight is 563 g/mol. The molecule has 0 saturated carbocycles. The molecule has 2 rings (SSSR count). The van der Waals surface area contributed by atoms with E-state index in [4.69, 9.17) is 6.42 Å². The summed E-state index contributed by atoms with van der Waals surface area (Å²) in [4.78, 5) is 41.0. The SMILES string of the molecule is C#Cc1cc(C(=O)NC(Cc2ccccc2)C(O)CN(CC)NC(=O)CC(C)C)cc(C(=O)N(CCC)CCC)c1. The van der Waals surface area contributed by atoms with Crippen LogP contribution in [0, 0.1) is 18.3 Å². The van der Waals surface area contributed by atoms with Gasteiger partial charge < -0.3 is 15.3 Å². The summed E-state index contributed by atoms with van der Waals surface area (Å²) in [6.45, 7) is 11.7. The number of nitrogens with zero attached hydrogens (tertiary/aromatic N) is 2. The minimum atomic E-state index is -1.00. The van der Waals surface area contributed by atoms with Gasteiger partial charge in [0.2, 0.25) is 5.91 Å². The van der Waals surface area contributed by atoms with Gasteiger partial charge in [-0.1, -0.05) is 70.9 Å². The van der Waals surface area contributed by atoms with Gasteiger partial charge in [-0.15, -0.1) is 6.42 Å². The van der Waals surface area contributed by atoms with E-state index in [0.717, 1.165) is 18.4 Å². The fourth-order valence-corrected chi connectivity index (χ4v) is 4.61. The van der Waals surface area contributed by atoms with Crippen molar-refractivity contribution in [2.24, 2.45) is 5.92 Å². The van der Waals surface area contributed by atoms with Crippen LogP contribution >= 0.6 is 0 Å². The van der Waals surface area contributed by atoms with Crippen molar-refractivity contribution in [2.45, 2.75) is 72.4 Å². The van der Waals surface area contributed by atoms with E-state index in [1.54, 1.807) is 28.1 Å². The van der Waals surface area contributed by atoms with Gasteiger partial charge in [-0.05, 0) is 48.9 Å². The first-order valence-corrected chi connectivity index (χ1v) is 14.6. The molecule has 0 fully saturated rings. The van der Waals surface area contributed by atoms with Crippen LogP contribution in [0.2, 0.25) is 0 Å². The Hall–Kier alpha value is -3.67. The number of likely N-dealkylation sites (N-methyl/N-ethyl adjacent to an activating group) is 1. The molecular weight excluding hydrogens is 516 g/mol. The third-order valence-corrected chi connectivity index (χ3v) is 6.63. The van der Waals surface area contributed by atoms with Gasteiger partial charge in [-0.3, -0.25) is 19.8 Å². The summed E-state index contributed by atoms with van der Waals surface area (Å²) in [5, 5.41) is 15.9. The first-order chi connectivity index (χ1) is 19.6. The Morgan fingerprint density at radius 2 is 1.61 bits per heavy atom. The monoisotopic (exact) mass is 562 g/mol. The van der Waals surface area contributed by atoms with E-state index >= 15 is 0 Å². The standard InChI is InChI=1S/C33H46N4O4/c1-7-16-36(17-8-2)33(41)28-20-25(9-3)19-27(22-28)32(40)34-29(21-26-14-12-11-13-15-26)30(38)23-37(10-4)35-31(39)18-24(5)6/h3,11-15,19-20,22,24,29-30,38H,7-8,10,16-18,21,23H2,1-2,4-6H3,(H,34,40)(H,35,39). The molecule has 8 heteroatoms. The van der Waals surface area contributed by atoms with E-state index in [-0.39, 0.29) is 29.8 Å². The maximum atomic E-state index is 13.6. The van der Waals surface area contributed by atoms with Crippen LogP contribution in [0.4, 0.5) is 0 Å². The molecule has 0 bridgehead atoms. The zero-order valence-electron chi connectivity index (χ0n) is 25.2. The van der Waals surface area contributed by atoms with Crippen LogP contribution in [0.1, 0.15) is 85.7 Å². The molecule has 3 N–H and O–H groups in total. The Balaban J connectivity index is 2.32. The molecule has 8 nitrogen and oxygen atoms in total. The highest BCUT2D eigenvalue weighted by Crippen LogP contribution is 2.15. The smallest absolute Gasteiger partial charge is 0.253 e. The van der Waals surface area contributed by atoms with Crippen molar-refractivity contribution in [3.63, 3.8) is 0 Å². The molecule has 0 aliphatic heterocycles. The van der Waals surface area contributed by atoms with Crippen molar-refractivity contribution < 1.29 is 19.5 Å². The topological polar surface area (TPSA) is 102 Å². The predicted molar refractivity (Wildman–Crippen MR) is 163 cm³/mol. The second-order valence-electron chi connectivity index (χ2n) is 10.7. The fraction of sp³-hybridized carbons (Fsp3) is 0.485. The summed E-state index contributed by atoms with van der Waals surface area (Å²) >= 11 is 0. The number of amides is 3. The molecule has 0 aromatic heterocycles. The number of nitrogens with one attached hydrogen (secondary N) is 2. The third kappa shape index (κ3) is 11.0. The molecule has 2 atom stereocenters. The zero-order chi connectivity index (χ0) is 30.4. The number of aliphatic hydroxyl groups is 1. The van der Waals surface area contributed by atoms with Crippen LogP contribution in [-0.4, -0.2) is 71.1 Å². The molecule has 0 spiro atoms. The van der Waals surface area contributed by atoms with Gasteiger partial charge in [0.1, 0.15) is 0 Å². The van der Waals surface area contributed by atoms with Crippen LogP contribution in [0.25, 0.3) is 0 Å². The van der Waals surface area contributed by atoms with Crippen LogP contribution in [0.5, 0.6) is 0 Å². The maximum Gasteiger partial charge on any atom is 0.253 e. The van der Waals surface area contributed by atoms with Crippen LogP contribution in [0.15, 0.2) is 48.5 Å². The summed E-state index contributed by atoms with van der Waals surface area (Å²) in [6, 6.07) is 13.7. The highest BCUT2D eigenvalue weighted by atomic mass is 16.3. The van der Waals surface area contributed by atoms with E-state index in [2.05, 4.69) is 16.7 Å². The number of carbonyl (C=O) groups excluding carboxylic acids is 3. The lowest BCUT2D eigenvalue weighted by Gasteiger charge is -2.30. The van der Waals surface area contributed by atoms with Crippen molar-refractivity contribution in [1.29, 1.82) is 0 Å². The lowest BCUT2D eigenvalue weighted by Crippen LogP contribution is -2.53.